The first-order chi connectivity index (χ1) is 13.7. The second kappa shape index (κ2) is 8.79. The number of rotatable bonds is 6. The van der Waals surface area contributed by atoms with Crippen LogP contribution in [0.3, 0.4) is 0 Å². The van der Waals surface area contributed by atoms with Crippen LogP contribution in [0.25, 0.3) is 0 Å². The Kier molecular flexibility index (Phi) is 6.58. The molecular weight excluding hydrogens is 354 g/mol. The first-order valence-corrected chi connectivity index (χ1v) is 11.3. The summed E-state index contributed by atoms with van der Waals surface area (Å²) in [5.41, 5.74) is 12.2. The zero-order chi connectivity index (χ0) is 21.3. The maximum absolute atomic E-state index is 3.77. The van der Waals surface area contributed by atoms with Crippen molar-refractivity contribution in [2.45, 2.75) is 79.1 Å². The van der Waals surface area contributed by atoms with Crippen molar-refractivity contribution in [1.82, 2.24) is 5.53 Å². The van der Waals surface area contributed by atoms with E-state index >= 15 is 0 Å². The molecule has 158 valence electrons. The fourth-order valence-corrected chi connectivity index (χ4v) is 4.42. The highest BCUT2D eigenvalue weighted by molar-refractivity contribution is 5.66. The van der Waals surface area contributed by atoms with E-state index in [1.807, 2.05) is 0 Å². The highest BCUT2D eigenvalue weighted by Crippen LogP contribution is 2.39. The van der Waals surface area contributed by atoms with E-state index in [1.165, 1.54) is 33.6 Å². The smallest absolute Gasteiger partial charge is 0.0607 e. The van der Waals surface area contributed by atoms with Gasteiger partial charge in [0, 0.05) is 0 Å². The van der Waals surface area contributed by atoms with Crippen molar-refractivity contribution in [2.24, 2.45) is 0 Å². The van der Waals surface area contributed by atoms with Crippen molar-refractivity contribution < 1.29 is 0 Å². The summed E-state index contributed by atoms with van der Waals surface area (Å²) in [5.74, 6) is 1.98. The molecule has 0 atom stereocenters. The van der Waals surface area contributed by atoms with Crippen LogP contribution in [-0.2, 0) is 0 Å². The third-order valence-electron chi connectivity index (χ3n) is 6.01. The minimum atomic E-state index is 0.494. The Hall–Kier alpha value is -2.00. The zero-order valence-electron chi connectivity index (χ0n) is 19.6. The predicted octanol–water partition coefficient (Wildman–Crippen LogP) is 6.93. The molecule has 2 aromatic carbocycles. The Morgan fingerprint density at radius 3 is 1.07 bits per heavy atom. The molecule has 0 spiro atoms. The first-order valence-electron chi connectivity index (χ1n) is 11.3. The lowest BCUT2D eigenvalue weighted by atomic mass is 9.92. The average molecular weight is 394 g/mol. The molecule has 1 aliphatic rings. The number of nitrogens with zero attached hydrogens (tertiary/aromatic N) is 2. The zero-order valence-corrected chi connectivity index (χ0v) is 19.6. The minimum absolute atomic E-state index is 0.494. The van der Waals surface area contributed by atoms with E-state index in [-0.39, 0.29) is 0 Å². The molecule has 3 heteroatoms. The molecule has 0 bridgehead atoms. The molecule has 1 aliphatic heterocycles. The molecule has 0 amide bonds. The van der Waals surface area contributed by atoms with E-state index in [4.69, 9.17) is 0 Å². The van der Waals surface area contributed by atoms with E-state index in [1.54, 1.807) is 0 Å². The molecular formula is C26H39N3. The van der Waals surface area contributed by atoms with Gasteiger partial charge in [-0.3, -0.25) is 10.0 Å². The molecule has 29 heavy (non-hydrogen) atoms. The second-order valence-electron chi connectivity index (χ2n) is 9.59. The third-order valence-corrected chi connectivity index (χ3v) is 6.01. The number of benzene rings is 2. The molecule has 3 rings (SSSR count). The molecule has 1 fully saturated rings. The first kappa shape index (κ1) is 21.7. The van der Waals surface area contributed by atoms with Crippen molar-refractivity contribution in [1.29, 1.82) is 0 Å². The van der Waals surface area contributed by atoms with Gasteiger partial charge >= 0.3 is 0 Å². The Labute approximate surface area is 178 Å². The lowest BCUT2D eigenvalue weighted by molar-refractivity contribution is 0.698. The molecule has 2 aromatic rings. The van der Waals surface area contributed by atoms with Gasteiger partial charge in [-0.2, -0.15) is 0 Å². The van der Waals surface area contributed by atoms with E-state index < -0.39 is 0 Å². The van der Waals surface area contributed by atoms with Crippen LogP contribution in [0, 0.1) is 0 Å². The predicted molar refractivity (Wildman–Crippen MR) is 127 cm³/mol. The standard InChI is InChI=1S/C26H39N3/c1-17(2)21-11-9-12-22(18(3)4)25(21)28-15-16-29(27-28)26-23(19(5)6)13-10-14-24(26)20(7)8/h9-14,17-20,27H,15-16H2,1-8H3. The Morgan fingerprint density at radius 2 is 0.828 bits per heavy atom. The average Bonchev–Trinajstić information content (AvgIpc) is 3.15. The Morgan fingerprint density at radius 1 is 0.552 bits per heavy atom. The van der Waals surface area contributed by atoms with Crippen LogP contribution < -0.4 is 15.6 Å². The van der Waals surface area contributed by atoms with Gasteiger partial charge in [0.25, 0.3) is 0 Å². The van der Waals surface area contributed by atoms with Gasteiger partial charge in [-0.1, -0.05) is 91.8 Å². The molecule has 1 heterocycles. The van der Waals surface area contributed by atoms with E-state index in [0.29, 0.717) is 23.7 Å². The number of hydrogen-bond donors (Lipinski definition) is 1. The van der Waals surface area contributed by atoms with Crippen molar-refractivity contribution in [3.63, 3.8) is 0 Å². The van der Waals surface area contributed by atoms with Gasteiger partial charge < -0.3 is 0 Å². The van der Waals surface area contributed by atoms with Crippen LogP contribution in [0.5, 0.6) is 0 Å². The molecule has 0 aromatic heterocycles. The third kappa shape index (κ3) is 4.30. The monoisotopic (exact) mass is 393 g/mol. The maximum Gasteiger partial charge on any atom is 0.0607 e. The van der Waals surface area contributed by atoms with Crippen LogP contribution in [0.15, 0.2) is 36.4 Å². The van der Waals surface area contributed by atoms with Crippen LogP contribution in [-0.4, -0.2) is 13.1 Å². The van der Waals surface area contributed by atoms with Gasteiger partial charge in [-0.15, -0.1) is 5.53 Å². The molecule has 0 radical (unpaired) electrons. The largest absolute Gasteiger partial charge is 0.288 e. The topological polar surface area (TPSA) is 18.5 Å². The van der Waals surface area contributed by atoms with Crippen LogP contribution in [0.2, 0.25) is 0 Å². The van der Waals surface area contributed by atoms with Gasteiger partial charge in [0.15, 0.2) is 0 Å². The Bertz CT molecular complexity index is 714. The number of anilines is 2. The molecule has 0 unspecified atom stereocenters. The fourth-order valence-electron chi connectivity index (χ4n) is 4.42. The van der Waals surface area contributed by atoms with Crippen molar-refractivity contribution in [2.75, 3.05) is 23.1 Å². The summed E-state index contributed by atoms with van der Waals surface area (Å²) in [4.78, 5) is 0. The van der Waals surface area contributed by atoms with Crippen LogP contribution in [0.4, 0.5) is 11.4 Å². The summed E-state index contributed by atoms with van der Waals surface area (Å²) in [5, 5.41) is 4.76. The molecule has 3 nitrogen and oxygen atoms in total. The quantitative estimate of drug-likeness (QED) is 0.574. The van der Waals surface area contributed by atoms with E-state index in [2.05, 4.69) is 107 Å². The summed E-state index contributed by atoms with van der Waals surface area (Å²) < 4.78 is 0. The van der Waals surface area contributed by atoms with E-state index in [0.717, 1.165) is 13.1 Å². The van der Waals surface area contributed by atoms with Gasteiger partial charge in [-0.25, -0.2) is 0 Å². The Balaban J connectivity index is 2.03. The van der Waals surface area contributed by atoms with Gasteiger partial charge in [0.05, 0.1) is 24.5 Å². The lowest BCUT2D eigenvalue weighted by Gasteiger charge is -2.31. The minimum Gasteiger partial charge on any atom is -0.288 e. The van der Waals surface area contributed by atoms with Gasteiger partial charge in [-0.05, 0) is 45.9 Å². The van der Waals surface area contributed by atoms with Crippen LogP contribution in [0.1, 0.15) is 101 Å². The lowest BCUT2D eigenvalue weighted by Crippen LogP contribution is -2.41. The summed E-state index contributed by atoms with van der Waals surface area (Å²) in [6, 6.07) is 13.6. The second-order valence-corrected chi connectivity index (χ2v) is 9.59. The summed E-state index contributed by atoms with van der Waals surface area (Å²) in [6.45, 7) is 20.3. The van der Waals surface area contributed by atoms with E-state index in [9.17, 15) is 0 Å². The highest BCUT2D eigenvalue weighted by atomic mass is 15.8. The van der Waals surface area contributed by atoms with Crippen molar-refractivity contribution >= 4 is 11.4 Å². The molecule has 1 saturated heterocycles. The summed E-state index contributed by atoms with van der Waals surface area (Å²) in [7, 11) is 0. The summed E-state index contributed by atoms with van der Waals surface area (Å²) in [6.07, 6.45) is 0. The van der Waals surface area contributed by atoms with Crippen molar-refractivity contribution in [3.8, 4) is 0 Å². The number of hydrogen-bond acceptors (Lipinski definition) is 3. The summed E-state index contributed by atoms with van der Waals surface area (Å²) >= 11 is 0. The highest BCUT2D eigenvalue weighted by Gasteiger charge is 2.29. The van der Waals surface area contributed by atoms with Crippen LogP contribution >= 0.6 is 0 Å². The number of para-hydroxylation sites is 2. The SMILES string of the molecule is CC(C)c1cccc(C(C)C)c1N1CCN(c2c(C(C)C)cccc2C(C)C)N1. The molecule has 1 N–H and O–H groups in total. The normalized spacial score (nSPS) is 14.9. The molecule has 0 aliphatic carbocycles. The number of nitrogens with one attached hydrogen (secondary N) is 1. The van der Waals surface area contributed by atoms with Gasteiger partial charge in [0.2, 0.25) is 0 Å². The fraction of sp³-hybridized carbons (Fsp3) is 0.538. The molecule has 0 saturated carbocycles. The van der Waals surface area contributed by atoms with Gasteiger partial charge in [0.1, 0.15) is 0 Å². The number of hydrazine groups is 2. The maximum atomic E-state index is 3.77. The van der Waals surface area contributed by atoms with Crippen molar-refractivity contribution in [3.05, 3.63) is 58.7 Å².